The zero-order valence-corrected chi connectivity index (χ0v) is 75.0. The Balaban J connectivity index is 0.000000143. The zero-order chi connectivity index (χ0) is 92.2. The molecule has 16 aromatic carbocycles. The first kappa shape index (κ1) is 80.8. The van der Waals surface area contributed by atoms with Gasteiger partial charge < -0.3 is 0 Å². The van der Waals surface area contributed by atoms with Gasteiger partial charge in [-0.3, -0.25) is 39.9 Å². The number of hydrogen-bond donors (Lipinski definition) is 0. The maximum Gasteiger partial charge on any atom is 0.160 e. The summed E-state index contributed by atoms with van der Waals surface area (Å²) in [4.78, 5) is 77.7. The molecule has 24 aromatic rings. The Morgan fingerprint density at radius 3 is 0.543 bits per heavy atom. The van der Waals surface area contributed by atoms with Gasteiger partial charge in [-0.1, -0.05) is 291 Å². The van der Waals surface area contributed by atoms with Crippen LogP contribution in [0.2, 0.25) is 0 Å². The first-order valence-electron chi connectivity index (χ1n) is 46.9. The highest BCUT2D eigenvalue weighted by Crippen LogP contribution is 2.59. The molecule has 0 N–H and O–H groups in total. The van der Waals surface area contributed by atoms with Gasteiger partial charge in [0.05, 0.1) is 89.7 Å². The summed E-state index contributed by atoms with van der Waals surface area (Å²) in [5.74, 6) is 2.90. The van der Waals surface area contributed by atoms with Crippen LogP contribution in [0.3, 0.4) is 0 Å². The largest absolute Gasteiger partial charge is 0.253 e. The summed E-state index contributed by atoms with van der Waals surface area (Å²) in [6.07, 6.45) is 13.8. The molecule has 16 nitrogen and oxygen atoms in total. The third kappa shape index (κ3) is 14.5. The van der Waals surface area contributed by atoms with Crippen LogP contribution in [0.15, 0.2) is 438 Å². The van der Waals surface area contributed by atoms with E-state index in [1.807, 2.05) is 97.1 Å². The molecular formula is C124H76N16. The molecule has 0 saturated carbocycles. The average Bonchev–Trinajstić information content (AvgIpc) is 0.700. The van der Waals surface area contributed by atoms with Gasteiger partial charge in [0.1, 0.15) is 0 Å². The number of nitrogens with zero attached hydrogens (tertiary/aromatic N) is 16. The van der Waals surface area contributed by atoms with Gasteiger partial charge in [-0.05, 0) is 186 Å². The summed E-state index contributed by atoms with van der Waals surface area (Å²) in [7, 11) is 0. The van der Waals surface area contributed by atoms with Gasteiger partial charge in [0, 0.05) is 140 Å². The van der Waals surface area contributed by atoms with Crippen molar-refractivity contribution in [2.75, 3.05) is 0 Å². The van der Waals surface area contributed by atoms with E-state index < -0.39 is 0 Å². The van der Waals surface area contributed by atoms with Crippen molar-refractivity contribution in [2.24, 2.45) is 0 Å². The molecule has 4 unspecified atom stereocenters. The van der Waals surface area contributed by atoms with Gasteiger partial charge in [0.25, 0.3) is 0 Å². The third-order valence-corrected chi connectivity index (χ3v) is 27.8. The Kier molecular flexibility index (Phi) is 19.4. The van der Waals surface area contributed by atoms with E-state index in [0.29, 0.717) is 23.3 Å². The highest BCUT2D eigenvalue weighted by molar-refractivity contribution is 5.89. The zero-order valence-electron chi connectivity index (χ0n) is 75.0. The SMILES string of the molecule is c1ccc(-c2nc(-c3ccc(-c4ccc5nccnc5c4)cc3)cc(-c3ccc4c(c3)C3c5ccccc5C4c4cc(-c5cc(-c6ccc(-c7ccc8nccnc8c7)cc6)nc(-c6ccccc6)n5)ccc43)n2)cc1.c1ccc(-c2nc(-c3ccc4c(c3)C3c5ccccc5C4c4cc(-c5cc(-c6ccc7nccnc7c6)nc(-c6ccccc6)n5)ccc43)cc(-c3ccc4nccnc4c3)n2)cc1. The molecule has 0 amide bonds. The normalized spacial score (nSPS) is 14.3. The standard InChI is InChI=1S/C68H42N8.C56H34N8/c1-3-9-45(10-4-1)67-73-59(43-19-15-41(16-20-43)47-25-29-57-63(37-47)71-33-31-69-57)39-61(75-67)49-23-27-53-55(35-49)65-51-13-7-8-14-52(51)66(53)56-36-50(24-28-54(56)65)62-40-60(74-68(76-62)46-11-5-2-6-12-46)44-21-17-42(18-22-44)48-26-30-58-64(38-48)72-34-32-70-58;1-3-9-33(10-4-1)55-61-47(31-49(63-55)37-17-21-45-51(29-37)59-25-23-57-45)35-15-19-41-43(27-35)53-39-13-7-8-14-40(39)54(41)44-28-36(16-20-42(44)53)48-32-50(64-56(62-48)34-11-5-2-6-12-34)38-18-22-46-52(30-38)60-26-24-58-46/h1-40,65-66H;1-32,53-54H. The van der Waals surface area contributed by atoms with Crippen LogP contribution in [0, 0.1) is 0 Å². The molecule has 0 spiro atoms. The lowest BCUT2D eigenvalue weighted by atomic mass is 9.60. The Morgan fingerprint density at radius 1 is 0.114 bits per heavy atom. The van der Waals surface area contributed by atoms with Crippen LogP contribution in [-0.2, 0) is 0 Å². The maximum absolute atomic E-state index is 5.28. The van der Waals surface area contributed by atoms with Gasteiger partial charge in [0.2, 0.25) is 0 Å². The molecule has 8 heterocycles. The van der Waals surface area contributed by atoms with Crippen LogP contribution in [0.25, 0.3) is 202 Å². The molecule has 0 aliphatic heterocycles. The monoisotopic (exact) mass is 1790 g/mol. The Morgan fingerprint density at radius 2 is 0.293 bits per heavy atom. The molecule has 6 aliphatic carbocycles. The fourth-order valence-corrected chi connectivity index (χ4v) is 21.1. The second-order valence-electron chi connectivity index (χ2n) is 35.9. The molecule has 140 heavy (non-hydrogen) atoms. The second-order valence-corrected chi connectivity index (χ2v) is 35.9. The lowest BCUT2D eigenvalue weighted by Gasteiger charge is -2.42. The number of hydrogen-bond acceptors (Lipinski definition) is 16. The Bertz CT molecular complexity index is 8580. The third-order valence-electron chi connectivity index (χ3n) is 27.8. The highest BCUT2D eigenvalue weighted by atomic mass is 14.9. The molecule has 4 atom stereocenters. The van der Waals surface area contributed by atoms with Crippen LogP contribution in [0.1, 0.15) is 90.4 Å². The molecule has 652 valence electrons. The highest BCUT2D eigenvalue weighted by Gasteiger charge is 2.44. The van der Waals surface area contributed by atoms with Crippen molar-refractivity contribution < 1.29 is 0 Å². The van der Waals surface area contributed by atoms with E-state index in [0.717, 1.165) is 179 Å². The molecule has 30 rings (SSSR count). The van der Waals surface area contributed by atoms with Crippen molar-refractivity contribution in [1.82, 2.24) is 79.7 Å². The van der Waals surface area contributed by atoms with Crippen LogP contribution in [-0.4, -0.2) is 79.7 Å². The van der Waals surface area contributed by atoms with Crippen molar-refractivity contribution in [3.63, 3.8) is 0 Å². The van der Waals surface area contributed by atoms with Crippen LogP contribution in [0.4, 0.5) is 0 Å². The van der Waals surface area contributed by atoms with Crippen LogP contribution in [0.5, 0.6) is 0 Å². The quantitative estimate of drug-likeness (QED) is 0.0992. The molecule has 0 radical (unpaired) electrons. The summed E-state index contributed by atoms with van der Waals surface area (Å²) >= 11 is 0. The van der Waals surface area contributed by atoms with E-state index in [2.05, 4.69) is 331 Å². The molecule has 0 fully saturated rings. The first-order chi connectivity index (χ1) is 69.3. The molecule has 0 saturated heterocycles. The fraction of sp³-hybridized carbons (Fsp3) is 0.0323. The molecule has 6 aliphatic rings. The summed E-state index contributed by atoms with van der Waals surface area (Å²) in [5, 5.41) is 0. The lowest BCUT2D eigenvalue weighted by Crippen LogP contribution is -2.27. The van der Waals surface area contributed by atoms with E-state index in [-0.39, 0.29) is 23.7 Å². The van der Waals surface area contributed by atoms with Crippen molar-refractivity contribution in [2.45, 2.75) is 23.7 Å². The summed E-state index contributed by atoms with van der Waals surface area (Å²) in [5.41, 5.74) is 45.9. The fourth-order valence-electron chi connectivity index (χ4n) is 21.1. The van der Waals surface area contributed by atoms with E-state index in [1.54, 1.807) is 49.6 Å². The predicted octanol–water partition coefficient (Wildman–Crippen LogP) is 27.6. The van der Waals surface area contributed by atoms with Crippen molar-refractivity contribution in [3.05, 3.63) is 505 Å². The van der Waals surface area contributed by atoms with Crippen molar-refractivity contribution in [1.29, 1.82) is 0 Å². The van der Waals surface area contributed by atoms with E-state index >= 15 is 0 Å². The molecule has 4 bridgehead atoms. The minimum atomic E-state index is 0.0396. The van der Waals surface area contributed by atoms with Gasteiger partial charge in [-0.15, -0.1) is 0 Å². The first-order valence-corrected chi connectivity index (χ1v) is 46.9. The molecule has 16 heteroatoms. The summed E-state index contributed by atoms with van der Waals surface area (Å²) < 4.78 is 0. The molecule has 8 aromatic heterocycles. The minimum absolute atomic E-state index is 0.0396. The molecular weight excluding hydrogens is 1710 g/mol. The minimum Gasteiger partial charge on any atom is -0.253 e. The Labute approximate surface area is 804 Å². The topological polar surface area (TPSA) is 206 Å². The van der Waals surface area contributed by atoms with E-state index in [4.69, 9.17) is 39.9 Å². The van der Waals surface area contributed by atoms with Crippen LogP contribution < -0.4 is 0 Å². The average molecular weight is 1790 g/mol. The maximum atomic E-state index is 5.28. The van der Waals surface area contributed by atoms with Gasteiger partial charge >= 0.3 is 0 Å². The number of aromatic nitrogens is 16. The smallest absolute Gasteiger partial charge is 0.160 e. The second kappa shape index (κ2) is 33.7. The predicted molar refractivity (Wildman–Crippen MR) is 553 cm³/mol. The van der Waals surface area contributed by atoms with Gasteiger partial charge in [-0.25, -0.2) is 39.9 Å². The van der Waals surface area contributed by atoms with Crippen molar-refractivity contribution in [3.8, 4) is 158 Å². The Hall–Kier alpha value is -18.8. The number of benzene rings is 16. The summed E-state index contributed by atoms with van der Waals surface area (Å²) in [6, 6.07) is 137. The van der Waals surface area contributed by atoms with E-state index in [1.165, 1.54) is 66.8 Å². The lowest BCUT2D eigenvalue weighted by molar-refractivity contribution is 0.755. The van der Waals surface area contributed by atoms with Gasteiger partial charge in [0.15, 0.2) is 23.3 Å². The van der Waals surface area contributed by atoms with Crippen molar-refractivity contribution >= 4 is 44.1 Å². The van der Waals surface area contributed by atoms with E-state index in [9.17, 15) is 0 Å². The van der Waals surface area contributed by atoms with Gasteiger partial charge in [-0.2, -0.15) is 0 Å². The van der Waals surface area contributed by atoms with Crippen LogP contribution >= 0.6 is 0 Å². The number of fused-ring (bicyclic) bond motifs is 4. The number of rotatable bonds is 14. The summed E-state index contributed by atoms with van der Waals surface area (Å²) in [6.45, 7) is 0.